The normalized spacial score (nSPS) is 11.4. The zero-order chi connectivity index (χ0) is 19.5. The third-order valence-electron chi connectivity index (χ3n) is 3.31. The van der Waals surface area contributed by atoms with Crippen LogP contribution in [0.3, 0.4) is 0 Å². The zero-order valence-corrected chi connectivity index (χ0v) is 14.9. The number of hydrogen-bond acceptors (Lipinski definition) is 5. The number of carbonyl (C=O) groups is 1. The van der Waals surface area contributed by atoms with E-state index < -0.39 is 38.9 Å². The Morgan fingerprint density at radius 3 is 2.62 bits per heavy atom. The first kappa shape index (κ1) is 19.8. The van der Waals surface area contributed by atoms with Gasteiger partial charge in [0.25, 0.3) is 5.69 Å². The van der Waals surface area contributed by atoms with Gasteiger partial charge >= 0.3 is 0 Å². The van der Waals surface area contributed by atoms with E-state index >= 15 is 0 Å². The molecule has 0 heterocycles. The van der Waals surface area contributed by atoms with E-state index in [4.69, 9.17) is 11.6 Å². The predicted octanol–water partition coefficient (Wildman–Crippen LogP) is 2.65. The molecule has 138 valence electrons. The minimum Gasteiger partial charge on any atom is -0.322 e. The second kappa shape index (κ2) is 7.77. The number of rotatable bonds is 6. The number of halogens is 2. The summed E-state index contributed by atoms with van der Waals surface area (Å²) in [4.78, 5) is 21.7. The molecular weight excluding hydrogens is 389 g/mol. The summed E-state index contributed by atoms with van der Waals surface area (Å²) in [6.07, 6.45) is 0. The van der Waals surface area contributed by atoms with Crippen molar-refractivity contribution in [2.24, 2.45) is 0 Å². The quantitative estimate of drug-likeness (QED) is 0.591. The van der Waals surface area contributed by atoms with Crippen molar-refractivity contribution >= 4 is 38.9 Å². The summed E-state index contributed by atoms with van der Waals surface area (Å²) in [5.41, 5.74) is -0.548. The van der Waals surface area contributed by atoms with Crippen molar-refractivity contribution in [3.8, 4) is 0 Å². The number of likely N-dealkylation sites (N-methyl/N-ethyl adjacent to an activating group) is 1. The number of nitrogens with one attached hydrogen (secondary N) is 1. The highest BCUT2D eigenvalue weighted by molar-refractivity contribution is 7.89. The number of benzene rings is 2. The summed E-state index contributed by atoms with van der Waals surface area (Å²) in [6.45, 7) is -0.618. The Morgan fingerprint density at radius 2 is 2.00 bits per heavy atom. The number of nitro groups is 1. The third-order valence-corrected chi connectivity index (χ3v) is 5.34. The van der Waals surface area contributed by atoms with Crippen molar-refractivity contribution in [2.75, 3.05) is 18.9 Å². The van der Waals surface area contributed by atoms with Crippen LogP contribution in [0.25, 0.3) is 0 Å². The van der Waals surface area contributed by atoms with Crippen molar-refractivity contribution in [3.05, 3.63) is 63.4 Å². The number of nitrogens with zero attached hydrogens (tertiary/aromatic N) is 2. The lowest BCUT2D eigenvalue weighted by Gasteiger charge is -2.17. The average Bonchev–Trinajstić information content (AvgIpc) is 2.57. The number of anilines is 1. The maximum Gasteiger partial charge on any atom is 0.270 e. The van der Waals surface area contributed by atoms with Crippen LogP contribution in [-0.4, -0.2) is 37.1 Å². The molecule has 8 nitrogen and oxygen atoms in total. The Morgan fingerprint density at radius 1 is 1.31 bits per heavy atom. The third kappa shape index (κ3) is 4.54. The van der Waals surface area contributed by atoms with E-state index in [-0.39, 0.29) is 15.6 Å². The topological polar surface area (TPSA) is 110 Å². The second-order valence-electron chi connectivity index (χ2n) is 5.19. The molecule has 1 amide bonds. The fourth-order valence-corrected chi connectivity index (χ4v) is 3.33. The van der Waals surface area contributed by atoms with Gasteiger partial charge in [-0.15, -0.1) is 0 Å². The van der Waals surface area contributed by atoms with Crippen molar-refractivity contribution < 1.29 is 22.5 Å². The predicted molar refractivity (Wildman–Crippen MR) is 93.0 cm³/mol. The van der Waals surface area contributed by atoms with Gasteiger partial charge in [-0.1, -0.05) is 17.7 Å². The summed E-state index contributed by atoms with van der Waals surface area (Å²) >= 11 is 5.61. The van der Waals surface area contributed by atoms with Gasteiger partial charge in [0.05, 0.1) is 22.1 Å². The standard InChI is InChI=1S/C15H13ClFN3O5S/c1-19(9-15(21)18-14-6-5-10(16)7-13(14)17)26(24,25)12-4-2-3-11(8-12)20(22)23/h2-8H,9H2,1H3,(H,18,21). The lowest BCUT2D eigenvalue weighted by atomic mass is 10.3. The summed E-state index contributed by atoms with van der Waals surface area (Å²) in [5, 5.41) is 13.2. The average molecular weight is 402 g/mol. The minimum atomic E-state index is -4.15. The molecule has 0 radical (unpaired) electrons. The Labute approximate surface area is 153 Å². The van der Waals surface area contributed by atoms with Crippen LogP contribution in [0.1, 0.15) is 0 Å². The van der Waals surface area contributed by atoms with E-state index in [0.717, 1.165) is 25.2 Å². The first-order chi connectivity index (χ1) is 12.1. The molecule has 0 saturated heterocycles. The second-order valence-corrected chi connectivity index (χ2v) is 7.67. The smallest absolute Gasteiger partial charge is 0.270 e. The molecule has 0 bridgehead atoms. The summed E-state index contributed by atoms with van der Waals surface area (Å²) in [7, 11) is -3.02. The van der Waals surface area contributed by atoms with Crippen LogP contribution in [0.15, 0.2) is 47.4 Å². The molecule has 0 aromatic heterocycles. The van der Waals surface area contributed by atoms with Crippen molar-refractivity contribution in [1.29, 1.82) is 0 Å². The lowest BCUT2D eigenvalue weighted by Crippen LogP contribution is -2.35. The number of non-ortho nitro benzene ring substituents is 1. The molecule has 0 aliphatic heterocycles. The van der Waals surface area contributed by atoms with Gasteiger partial charge < -0.3 is 5.32 Å². The highest BCUT2D eigenvalue weighted by atomic mass is 35.5. The van der Waals surface area contributed by atoms with Gasteiger partial charge in [0.2, 0.25) is 15.9 Å². The van der Waals surface area contributed by atoms with E-state index in [2.05, 4.69) is 5.32 Å². The monoisotopic (exact) mass is 401 g/mol. The molecule has 0 saturated carbocycles. The molecule has 2 rings (SSSR count). The van der Waals surface area contributed by atoms with Crippen molar-refractivity contribution in [3.63, 3.8) is 0 Å². The van der Waals surface area contributed by atoms with E-state index in [0.29, 0.717) is 4.31 Å². The molecule has 0 aliphatic rings. The van der Waals surface area contributed by atoms with E-state index in [1.165, 1.54) is 24.3 Å². The largest absolute Gasteiger partial charge is 0.322 e. The van der Waals surface area contributed by atoms with Crippen LogP contribution in [0, 0.1) is 15.9 Å². The van der Waals surface area contributed by atoms with Crippen LogP contribution in [-0.2, 0) is 14.8 Å². The molecule has 11 heteroatoms. The van der Waals surface area contributed by atoms with Crippen LogP contribution in [0.5, 0.6) is 0 Å². The van der Waals surface area contributed by atoms with Crippen LogP contribution in [0.2, 0.25) is 5.02 Å². The Hall–Kier alpha value is -2.56. The Balaban J connectivity index is 2.14. The Kier molecular flexibility index (Phi) is 5.90. The number of carbonyl (C=O) groups excluding carboxylic acids is 1. The lowest BCUT2D eigenvalue weighted by molar-refractivity contribution is -0.385. The van der Waals surface area contributed by atoms with E-state index in [1.54, 1.807) is 0 Å². The van der Waals surface area contributed by atoms with E-state index in [1.807, 2.05) is 0 Å². The molecule has 26 heavy (non-hydrogen) atoms. The molecular formula is C15H13ClFN3O5S. The van der Waals surface area contributed by atoms with Gasteiger partial charge in [-0.25, -0.2) is 12.8 Å². The molecule has 0 fully saturated rings. The van der Waals surface area contributed by atoms with Gasteiger partial charge in [0.1, 0.15) is 5.82 Å². The highest BCUT2D eigenvalue weighted by Crippen LogP contribution is 2.21. The molecule has 2 aromatic rings. The van der Waals surface area contributed by atoms with Crippen LogP contribution >= 0.6 is 11.6 Å². The van der Waals surface area contributed by atoms with Gasteiger partial charge in [-0.05, 0) is 24.3 Å². The summed E-state index contributed by atoms with van der Waals surface area (Å²) < 4.78 is 39.3. The van der Waals surface area contributed by atoms with Gasteiger partial charge in [-0.3, -0.25) is 14.9 Å². The number of sulfonamides is 1. The molecule has 0 spiro atoms. The van der Waals surface area contributed by atoms with Crippen molar-refractivity contribution in [1.82, 2.24) is 4.31 Å². The van der Waals surface area contributed by atoms with Gasteiger partial charge in [0.15, 0.2) is 0 Å². The molecule has 1 N–H and O–H groups in total. The van der Waals surface area contributed by atoms with Crippen LogP contribution < -0.4 is 5.32 Å². The highest BCUT2D eigenvalue weighted by Gasteiger charge is 2.25. The number of amides is 1. The fraction of sp³-hybridized carbons (Fsp3) is 0.133. The maximum atomic E-state index is 13.7. The fourth-order valence-electron chi connectivity index (χ4n) is 2.01. The maximum absolute atomic E-state index is 13.7. The first-order valence-corrected chi connectivity index (χ1v) is 8.89. The van der Waals surface area contributed by atoms with Gasteiger partial charge in [-0.2, -0.15) is 4.31 Å². The van der Waals surface area contributed by atoms with E-state index in [9.17, 15) is 27.7 Å². The SMILES string of the molecule is CN(CC(=O)Nc1ccc(Cl)cc1F)S(=O)(=O)c1cccc([N+](=O)[O-])c1. The number of nitro benzene ring substituents is 1. The van der Waals surface area contributed by atoms with Gasteiger partial charge in [0, 0.05) is 24.2 Å². The van der Waals surface area contributed by atoms with Crippen molar-refractivity contribution in [2.45, 2.75) is 4.90 Å². The Bertz CT molecular complexity index is 968. The minimum absolute atomic E-state index is 0.144. The zero-order valence-electron chi connectivity index (χ0n) is 13.3. The molecule has 2 aromatic carbocycles. The molecule has 0 aliphatic carbocycles. The molecule has 0 unspecified atom stereocenters. The van der Waals surface area contributed by atoms with Crippen LogP contribution in [0.4, 0.5) is 15.8 Å². The summed E-state index contributed by atoms with van der Waals surface area (Å²) in [6, 6.07) is 8.05. The molecule has 0 atom stereocenters. The number of hydrogen-bond donors (Lipinski definition) is 1. The first-order valence-electron chi connectivity index (χ1n) is 7.07. The summed E-state index contributed by atoms with van der Waals surface area (Å²) in [5.74, 6) is -1.56.